The zero-order valence-electron chi connectivity index (χ0n) is 4.12. The van der Waals surface area contributed by atoms with Crippen LogP contribution in [0.15, 0.2) is 0 Å². The molecule has 1 aliphatic carbocycles. The van der Waals surface area contributed by atoms with Gasteiger partial charge in [0, 0.05) is 0 Å². The van der Waals surface area contributed by atoms with Gasteiger partial charge in [0.1, 0.15) is 0 Å². The van der Waals surface area contributed by atoms with Crippen molar-refractivity contribution in [1.82, 2.24) is 0 Å². The van der Waals surface area contributed by atoms with E-state index in [0.29, 0.717) is 0 Å². The molecule has 0 bridgehead atoms. The van der Waals surface area contributed by atoms with Gasteiger partial charge in [0.15, 0.2) is 18.5 Å². The number of alkyl halides is 5. The summed E-state index contributed by atoms with van der Waals surface area (Å²) in [4.78, 5) is 0. The molecule has 0 amide bonds. The number of hydrogen-bond acceptors (Lipinski definition) is 0. The van der Waals surface area contributed by atoms with Crippen molar-refractivity contribution in [2.75, 3.05) is 0 Å². The predicted molar refractivity (Wildman–Crippen MR) is 24.4 cm³/mol. The van der Waals surface area contributed by atoms with E-state index in [9.17, 15) is 17.6 Å². The van der Waals surface area contributed by atoms with Gasteiger partial charge < -0.3 is 0 Å². The maximum absolute atomic E-state index is 12.0. The predicted octanol–water partition coefficient (Wildman–Crippen LogP) is 1.92. The number of halogens is 5. The van der Waals surface area contributed by atoms with Gasteiger partial charge in [0.05, 0.1) is 0 Å². The van der Waals surface area contributed by atoms with Crippen LogP contribution in [0.1, 0.15) is 0 Å². The highest BCUT2D eigenvalue weighted by atomic mass is 35.5. The van der Waals surface area contributed by atoms with Crippen LogP contribution in [0.3, 0.4) is 0 Å². The van der Waals surface area contributed by atoms with Crippen molar-refractivity contribution >= 4 is 11.6 Å². The highest BCUT2D eigenvalue weighted by molar-refractivity contribution is 6.24. The van der Waals surface area contributed by atoms with Crippen LogP contribution < -0.4 is 0 Å². The van der Waals surface area contributed by atoms with Gasteiger partial charge in [-0.25, -0.2) is 17.6 Å². The summed E-state index contributed by atoms with van der Waals surface area (Å²) in [6.07, 6.45) is -7.43. The maximum atomic E-state index is 12.0. The Hall–Kier alpha value is 0.01000. The lowest BCUT2D eigenvalue weighted by molar-refractivity contribution is -0.123. The van der Waals surface area contributed by atoms with Crippen molar-refractivity contribution in [2.45, 2.75) is 23.6 Å². The molecule has 0 nitrogen and oxygen atoms in total. The summed E-state index contributed by atoms with van der Waals surface area (Å²) in [7, 11) is 0. The molecule has 0 saturated heterocycles. The van der Waals surface area contributed by atoms with Gasteiger partial charge in [0.2, 0.25) is 0 Å². The maximum Gasteiger partial charge on any atom is 0.251 e. The molecule has 0 N–H and O–H groups in total. The number of rotatable bonds is 0. The molecule has 2 atom stereocenters. The van der Waals surface area contributed by atoms with Crippen LogP contribution in [0, 0.1) is 0 Å². The average Bonchev–Trinajstić information content (AvgIpc) is 1.84. The van der Waals surface area contributed by atoms with Gasteiger partial charge in [0.25, 0.3) is 5.13 Å². The second-order valence-electron chi connectivity index (χ2n) is 1.92. The third-order valence-corrected chi connectivity index (χ3v) is 1.71. The molecule has 0 spiro atoms. The normalized spacial score (nSPS) is 59.0. The molecular weight excluding hydrogens is 159 g/mol. The van der Waals surface area contributed by atoms with Gasteiger partial charge >= 0.3 is 0 Å². The first-order valence-electron chi connectivity index (χ1n) is 2.28. The van der Waals surface area contributed by atoms with Crippen LogP contribution in [0.2, 0.25) is 0 Å². The summed E-state index contributed by atoms with van der Waals surface area (Å²) < 4.78 is 47.4. The van der Waals surface area contributed by atoms with E-state index in [1.165, 1.54) is 0 Å². The monoisotopic (exact) mass is 162 g/mol. The lowest BCUT2D eigenvalue weighted by Crippen LogP contribution is -2.62. The first-order chi connectivity index (χ1) is 3.98. The minimum atomic E-state index is -3.13. The fourth-order valence-corrected chi connectivity index (χ4v) is 0.847. The van der Waals surface area contributed by atoms with Crippen LogP contribution in [0.25, 0.3) is 0 Å². The summed E-state index contributed by atoms with van der Waals surface area (Å²) in [6.45, 7) is 0. The van der Waals surface area contributed by atoms with Gasteiger partial charge in [-0.05, 0) is 0 Å². The second kappa shape index (κ2) is 1.75. The van der Waals surface area contributed by atoms with E-state index < -0.39 is 23.6 Å². The summed E-state index contributed by atoms with van der Waals surface area (Å²) >= 11 is 4.54. The van der Waals surface area contributed by atoms with Crippen LogP contribution in [0.4, 0.5) is 17.6 Å². The summed E-state index contributed by atoms with van der Waals surface area (Å²) in [5, 5.41) is -3.13. The van der Waals surface area contributed by atoms with E-state index in [-0.39, 0.29) is 0 Å². The first kappa shape index (κ1) is 7.12. The molecule has 1 saturated carbocycles. The van der Waals surface area contributed by atoms with Gasteiger partial charge in [-0.15, -0.1) is 0 Å². The van der Waals surface area contributed by atoms with Gasteiger partial charge in [-0.3, -0.25) is 0 Å². The molecule has 0 aromatic carbocycles. The molecule has 1 aliphatic rings. The largest absolute Gasteiger partial charge is 0.251 e. The van der Waals surface area contributed by atoms with E-state index in [4.69, 9.17) is 0 Å². The van der Waals surface area contributed by atoms with E-state index >= 15 is 0 Å². The highest BCUT2D eigenvalue weighted by Gasteiger charge is 2.66. The quantitative estimate of drug-likeness (QED) is 0.377. The molecule has 0 aromatic rings. The Kier molecular flexibility index (Phi) is 1.38. The standard InChI is InChI=1S/C4H3ClF4/c5-4(9)2(7)1(6)3(4)8/h1-3H. The zero-order chi connectivity index (χ0) is 7.23. The minimum absolute atomic E-state index is 2.40. The van der Waals surface area contributed by atoms with Crippen molar-refractivity contribution in [3.63, 3.8) is 0 Å². The molecule has 9 heavy (non-hydrogen) atoms. The second-order valence-corrected chi connectivity index (χ2v) is 2.50. The molecule has 0 aromatic heterocycles. The van der Waals surface area contributed by atoms with Crippen LogP contribution in [-0.4, -0.2) is 23.6 Å². The lowest BCUT2D eigenvalue weighted by Gasteiger charge is -2.38. The third-order valence-electron chi connectivity index (χ3n) is 1.29. The summed E-state index contributed by atoms with van der Waals surface area (Å²) in [6, 6.07) is 0. The van der Waals surface area contributed by atoms with Crippen molar-refractivity contribution in [1.29, 1.82) is 0 Å². The molecule has 1 fully saturated rings. The van der Waals surface area contributed by atoms with Crippen molar-refractivity contribution in [3.05, 3.63) is 0 Å². The van der Waals surface area contributed by atoms with Crippen LogP contribution in [-0.2, 0) is 0 Å². The smallest absolute Gasteiger partial charge is 0.241 e. The van der Waals surface area contributed by atoms with E-state index in [0.717, 1.165) is 0 Å². The minimum Gasteiger partial charge on any atom is -0.241 e. The Morgan fingerprint density at radius 3 is 1.56 bits per heavy atom. The topological polar surface area (TPSA) is 0 Å². The Labute approximate surface area is 53.8 Å². The SMILES string of the molecule is FC1C(F)C(F)(Cl)C1F. The summed E-state index contributed by atoms with van der Waals surface area (Å²) in [5.41, 5.74) is 0. The summed E-state index contributed by atoms with van der Waals surface area (Å²) in [5.74, 6) is 0. The molecule has 1 rings (SSSR count). The van der Waals surface area contributed by atoms with E-state index in [2.05, 4.69) is 11.6 Å². The van der Waals surface area contributed by atoms with Crippen molar-refractivity contribution in [3.8, 4) is 0 Å². The molecular formula is C4H3ClF4. The van der Waals surface area contributed by atoms with Gasteiger partial charge in [-0.2, -0.15) is 0 Å². The fraction of sp³-hybridized carbons (Fsp3) is 1.00. The molecule has 0 heterocycles. The Morgan fingerprint density at radius 1 is 1.11 bits per heavy atom. The number of hydrogen-bond donors (Lipinski definition) is 0. The van der Waals surface area contributed by atoms with Crippen molar-refractivity contribution in [2.24, 2.45) is 0 Å². The Balaban J connectivity index is 2.62. The molecule has 0 radical (unpaired) electrons. The Bertz CT molecular complexity index is 114. The van der Waals surface area contributed by atoms with E-state index in [1.807, 2.05) is 0 Å². The molecule has 54 valence electrons. The van der Waals surface area contributed by atoms with Crippen LogP contribution in [0.5, 0.6) is 0 Å². The molecule has 0 aliphatic heterocycles. The Morgan fingerprint density at radius 2 is 1.44 bits per heavy atom. The first-order valence-corrected chi connectivity index (χ1v) is 2.65. The molecule has 5 heteroatoms. The highest BCUT2D eigenvalue weighted by Crippen LogP contribution is 2.46. The average molecular weight is 163 g/mol. The van der Waals surface area contributed by atoms with Crippen LogP contribution >= 0.6 is 11.6 Å². The fourth-order valence-electron chi connectivity index (χ4n) is 0.606. The van der Waals surface area contributed by atoms with Crippen molar-refractivity contribution < 1.29 is 17.6 Å². The van der Waals surface area contributed by atoms with E-state index in [1.54, 1.807) is 0 Å². The van der Waals surface area contributed by atoms with Gasteiger partial charge in [-0.1, -0.05) is 11.6 Å². The molecule has 2 unspecified atom stereocenters. The third kappa shape index (κ3) is 0.723. The zero-order valence-corrected chi connectivity index (χ0v) is 4.88. The lowest BCUT2D eigenvalue weighted by atomic mass is 9.89.